The van der Waals surface area contributed by atoms with Gasteiger partial charge in [0.25, 0.3) is 5.91 Å². The summed E-state index contributed by atoms with van der Waals surface area (Å²) in [6.07, 6.45) is 2.16. The van der Waals surface area contributed by atoms with Gasteiger partial charge in [0.15, 0.2) is 0 Å². The summed E-state index contributed by atoms with van der Waals surface area (Å²) in [6, 6.07) is 7.35. The van der Waals surface area contributed by atoms with E-state index < -0.39 is 0 Å². The summed E-state index contributed by atoms with van der Waals surface area (Å²) in [5.74, 6) is 3.62. The monoisotopic (exact) mass is 386 g/mol. The minimum absolute atomic E-state index is 0.0934. The molecule has 1 aromatic carbocycles. The van der Waals surface area contributed by atoms with Crippen LogP contribution in [0.15, 0.2) is 28.7 Å². The second-order valence-corrected chi connectivity index (χ2v) is 7.47. The quantitative estimate of drug-likeness (QED) is 0.788. The first-order valence-corrected chi connectivity index (χ1v) is 9.78. The number of carbonyl (C=O) groups is 1. The SMILES string of the molecule is COc1cc(OC)cc(C(=O)NCC2CCN(Cc3cc(C)oc3C)CC2)c1. The number of methoxy groups -OCH3 is 2. The van der Waals surface area contributed by atoms with E-state index in [2.05, 4.69) is 16.3 Å². The molecule has 0 radical (unpaired) electrons. The zero-order valence-electron chi connectivity index (χ0n) is 17.2. The Morgan fingerprint density at radius 2 is 1.75 bits per heavy atom. The molecule has 1 amide bonds. The van der Waals surface area contributed by atoms with Crippen LogP contribution in [0.1, 0.15) is 40.3 Å². The average molecular weight is 386 g/mol. The third-order valence-electron chi connectivity index (χ3n) is 5.41. The van der Waals surface area contributed by atoms with Crippen LogP contribution in [0.5, 0.6) is 11.5 Å². The fourth-order valence-electron chi connectivity index (χ4n) is 3.71. The van der Waals surface area contributed by atoms with Gasteiger partial charge in [0, 0.05) is 30.3 Å². The van der Waals surface area contributed by atoms with Crippen LogP contribution in [0.25, 0.3) is 0 Å². The molecule has 2 aromatic rings. The maximum atomic E-state index is 12.5. The molecule has 1 aliphatic heterocycles. The maximum absolute atomic E-state index is 12.5. The van der Waals surface area contributed by atoms with Crippen LogP contribution in [-0.4, -0.2) is 44.7 Å². The Morgan fingerprint density at radius 3 is 2.29 bits per heavy atom. The molecule has 0 aliphatic carbocycles. The van der Waals surface area contributed by atoms with E-state index in [9.17, 15) is 4.79 Å². The number of ether oxygens (including phenoxy) is 2. The van der Waals surface area contributed by atoms with E-state index >= 15 is 0 Å². The van der Waals surface area contributed by atoms with E-state index in [1.807, 2.05) is 13.8 Å². The van der Waals surface area contributed by atoms with Gasteiger partial charge in [0.2, 0.25) is 0 Å². The summed E-state index contributed by atoms with van der Waals surface area (Å²) in [5.41, 5.74) is 1.83. The van der Waals surface area contributed by atoms with E-state index in [0.29, 0.717) is 29.5 Å². The first kappa shape index (κ1) is 20.3. The number of benzene rings is 1. The minimum Gasteiger partial charge on any atom is -0.497 e. The van der Waals surface area contributed by atoms with Gasteiger partial charge in [0.1, 0.15) is 23.0 Å². The van der Waals surface area contributed by atoms with Crippen molar-refractivity contribution < 1.29 is 18.7 Å². The van der Waals surface area contributed by atoms with Gasteiger partial charge in [-0.3, -0.25) is 9.69 Å². The first-order valence-electron chi connectivity index (χ1n) is 9.78. The number of hydrogen-bond donors (Lipinski definition) is 1. The highest BCUT2D eigenvalue weighted by atomic mass is 16.5. The van der Waals surface area contributed by atoms with Crippen LogP contribution in [0.2, 0.25) is 0 Å². The molecule has 0 unspecified atom stereocenters. The van der Waals surface area contributed by atoms with Gasteiger partial charge in [-0.1, -0.05) is 0 Å². The summed E-state index contributed by atoms with van der Waals surface area (Å²) in [4.78, 5) is 15.0. The van der Waals surface area contributed by atoms with Crippen molar-refractivity contribution in [3.05, 3.63) is 46.9 Å². The summed E-state index contributed by atoms with van der Waals surface area (Å²) >= 11 is 0. The van der Waals surface area contributed by atoms with Gasteiger partial charge >= 0.3 is 0 Å². The number of rotatable bonds is 7. The Labute approximate surface area is 166 Å². The fourth-order valence-corrected chi connectivity index (χ4v) is 3.71. The number of carbonyl (C=O) groups excluding carboxylic acids is 1. The lowest BCUT2D eigenvalue weighted by Gasteiger charge is -2.31. The molecule has 0 saturated carbocycles. The summed E-state index contributed by atoms with van der Waals surface area (Å²) < 4.78 is 16.1. The number of piperidine rings is 1. The Morgan fingerprint density at radius 1 is 1.11 bits per heavy atom. The molecule has 1 fully saturated rings. The van der Waals surface area contributed by atoms with Crippen molar-refractivity contribution in [2.45, 2.75) is 33.2 Å². The molecule has 6 heteroatoms. The van der Waals surface area contributed by atoms with E-state index in [4.69, 9.17) is 13.9 Å². The molecule has 152 valence electrons. The van der Waals surface area contributed by atoms with Gasteiger partial charge in [-0.15, -0.1) is 0 Å². The van der Waals surface area contributed by atoms with Crippen molar-refractivity contribution in [3.63, 3.8) is 0 Å². The van der Waals surface area contributed by atoms with E-state index in [1.54, 1.807) is 32.4 Å². The lowest BCUT2D eigenvalue weighted by atomic mass is 9.96. The summed E-state index contributed by atoms with van der Waals surface area (Å²) in [5, 5.41) is 3.06. The molecule has 0 atom stereocenters. The topological polar surface area (TPSA) is 63.9 Å². The van der Waals surface area contributed by atoms with Crippen molar-refractivity contribution in [1.29, 1.82) is 0 Å². The largest absolute Gasteiger partial charge is 0.497 e. The van der Waals surface area contributed by atoms with Crippen molar-refractivity contribution >= 4 is 5.91 Å². The third-order valence-corrected chi connectivity index (χ3v) is 5.41. The number of nitrogens with one attached hydrogen (secondary N) is 1. The maximum Gasteiger partial charge on any atom is 0.251 e. The Kier molecular flexibility index (Phi) is 6.62. The highest BCUT2D eigenvalue weighted by Crippen LogP contribution is 2.24. The van der Waals surface area contributed by atoms with Gasteiger partial charge in [-0.2, -0.15) is 0 Å². The molecule has 1 aliphatic rings. The lowest BCUT2D eigenvalue weighted by Crippen LogP contribution is -2.38. The molecule has 1 aromatic heterocycles. The number of aryl methyl sites for hydroxylation is 2. The zero-order chi connectivity index (χ0) is 20.1. The predicted molar refractivity (Wildman–Crippen MR) is 108 cm³/mol. The molecular weight excluding hydrogens is 356 g/mol. The zero-order valence-corrected chi connectivity index (χ0v) is 17.2. The Bertz CT molecular complexity index is 785. The van der Waals surface area contributed by atoms with Crippen LogP contribution in [-0.2, 0) is 6.54 Å². The summed E-state index contributed by atoms with van der Waals surface area (Å²) in [6.45, 7) is 7.72. The van der Waals surface area contributed by atoms with E-state index in [1.165, 1.54) is 5.56 Å². The van der Waals surface area contributed by atoms with Crippen molar-refractivity contribution in [1.82, 2.24) is 10.2 Å². The van der Waals surface area contributed by atoms with Crippen LogP contribution >= 0.6 is 0 Å². The normalized spacial score (nSPS) is 15.4. The number of furan rings is 1. The van der Waals surface area contributed by atoms with Gasteiger partial charge in [0.05, 0.1) is 14.2 Å². The molecule has 1 N–H and O–H groups in total. The minimum atomic E-state index is -0.0934. The highest BCUT2D eigenvalue weighted by Gasteiger charge is 2.21. The summed E-state index contributed by atoms with van der Waals surface area (Å²) in [7, 11) is 3.16. The molecule has 3 rings (SSSR count). The lowest BCUT2D eigenvalue weighted by molar-refractivity contribution is 0.0934. The van der Waals surface area contributed by atoms with E-state index in [-0.39, 0.29) is 5.91 Å². The fraction of sp³-hybridized carbons (Fsp3) is 0.500. The van der Waals surface area contributed by atoms with Crippen molar-refractivity contribution in [2.75, 3.05) is 33.9 Å². The molecule has 0 spiro atoms. The second kappa shape index (κ2) is 9.15. The second-order valence-electron chi connectivity index (χ2n) is 7.47. The first-order chi connectivity index (χ1) is 13.5. The van der Waals surface area contributed by atoms with Gasteiger partial charge in [-0.05, 0) is 63.9 Å². The molecular formula is C22H30N2O4. The molecule has 2 heterocycles. The Hall–Kier alpha value is -2.47. The van der Waals surface area contributed by atoms with Crippen molar-refractivity contribution in [2.24, 2.45) is 5.92 Å². The molecule has 28 heavy (non-hydrogen) atoms. The average Bonchev–Trinajstić information content (AvgIpc) is 3.03. The van der Waals surface area contributed by atoms with Crippen LogP contribution in [0, 0.1) is 19.8 Å². The highest BCUT2D eigenvalue weighted by molar-refractivity contribution is 5.95. The van der Waals surface area contributed by atoms with Gasteiger partial charge < -0.3 is 19.2 Å². The van der Waals surface area contributed by atoms with Crippen molar-refractivity contribution in [3.8, 4) is 11.5 Å². The van der Waals surface area contributed by atoms with Gasteiger partial charge in [-0.25, -0.2) is 0 Å². The standard InChI is InChI=1S/C22H30N2O4/c1-15-9-19(16(2)28-15)14-24-7-5-17(6-8-24)13-23-22(25)18-10-20(26-3)12-21(11-18)27-4/h9-12,17H,5-8,13-14H2,1-4H3,(H,23,25). The molecule has 0 bridgehead atoms. The number of nitrogens with zero attached hydrogens (tertiary/aromatic N) is 1. The Balaban J connectivity index is 1.47. The smallest absolute Gasteiger partial charge is 0.251 e. The third kappa shape index (κ3) is 5.07. The number of amides is 1. The molecule has 1 saturated heterocycles. The number of likely N-dealkylation sites (tertiary alicyclic amines) is 1. The van der Waals surface area contributed by atoms with Crippen LogP contribution in [0.4, 0.5) is 0 Å². The van der Waals surface area contributed by atoms with Crippen LogP contribution < -0.4 is 14.8 Å². The molecule has 6 nitrogen and oxygen atoms in total. The predicted octanol–water partition coefficient (Wildman–Crippen LogP) is 3.56. The number of hydrogen-bond acceptors (Lipinski definition) is 5. The van der Waals surface area contributed by atoms with E-state index in [0.717, 1.165) is 44.0 Å². The van der Waals surface area contributed by atoms with Crippen LogP contribution in [0.3, 0.4) is 0 Å².